The van der Waals surface area contributed by atoms with Crippen LogP contribution in [0.4, 0.5) is 0 Å². The first-order valence-corrected chi connectivity index (χ1v) is 10.0. The number of hydrogen-bond acceptors (Lipinski definition) is 1. The molecule has 1 nitrogen and oxygen atoms in total. The highest BCUT2D eigenvalue weighted by Crippen LogP contribution is 2.62. The van der Waals surface area contributed by atoms with Gasteiger partial charge in [-0.3, -0.25) is 0 Å². The van der Waals surface area contributed by atoms with Crippen LogP contribution >= 0.6 is 0 Å². The second-order valence-corrected chi connectivity index (χ2v) is 9.13. The molecule has 0 saturated heterocycles. The molecule has 120 valence electrons. The van der Waals surface area contributed by atoms with Gasteiger partial charge in [0.2, 0.25) is 0 Å². The van der Waals surface area contributed by atoms with E-state index in [1.165, 1.54) is 45.1 Å². The van der Waals surface area contributed by atoms with Crippen LogP contribution in [0.5, 0.6) is 0 Å². The normalized spacial score (nSPS) is 44.1. The first-order valence-electron chi connectivity index (χ1n) is 10.0. The molecule has 0 aromatic rings. The minimum absolute atomic E-state index is 0.711. The number of nitrogens with one attached hydrogen (secondary N) is 1. The van der Waals surface area contributed by atoms with E-state index in [2.05, 4.69) is 12.2 Å². The molecule has 5 fully saturated rings. The van der Waals surface area contributed by atoms with E-state index < -0.39 is 0 Å². The van der Waals surface area contributed by atoms with Crippen LogP contribution in [0, 0.1) is 29.1 Å². The Balaban J connectivity index is 1.49. The lowest BCUT2D eigenvalue weighted by Crippen LogP contribution is -2.56. The van der Waals surface area contributed by atoms with Gasteiger partial charge in [-0.1, -0.05) is 39.0 Å². The maximum Gasteiger partial charge on any atom is 0.0126 e. The molecule has 4 bridgehead atoms. The SMILES string of the molecule is CCNC(CC1CCCCC1)C12CC3CC(CC(C3)C1)C2. The Morgan fingerprint density at radius 1 is 0.905 bits per heavy atom. The Morgan fingerprint density at radius 2 is 1.48 bits per heavy atom. The molecule has 1 N–H and O–H groups in total. The minimum atomic E-state index is 0.711. The molecular formula is C20H35N. The summed E-state index contributed by atoms with van der Waals surface area (Å²) in [5.74, 6) is 4.34. The summed E-state index contributed by atoms with van der Waals surface area (Å²) in [5, 5.41) is 3.99. The molecule has 0 aromatic carbocycles. The van der Waals surface area contributed by atoms with E-state index in [4.69, 9.17) is 0 Å². The fraction of sp³-hybridized carbons (Fsp3) is 1.00. The predicted molar refractivity (Wildman–Crippen MR) is 89.3 cm³/mol. The van der Waals surface area contributed by atoms with Crippen molar-refractivity contribution in [2.24, 2.45) is 29.1 Å². The van der Waals surface area contributed by atoms with Gasteiger partial charge in [0.05, 0.1) is 0 Å². The van der Waals surface area contributed by atoms with Crippen molar-refractivity contribution < 1.29 is 0 Å². The topological polar surface area (TPSA) is 12.0 Å². The molecule has 0 aromatic heterocycles. The molecule has 5 rings (SSSR count). The molecule has 21 heavy (non-hydrogen) atoms. The van der Waals surface area contributed by atoms with Crippen LogP contribution in [0.25, 0.3) is 0 Å². The molecule has 0 heterocycles. The Morgan fingerprint density at radius 3 is 2.00 bits per heavy atom. The fourth-order valence-electron chi connectivity index (χ4n) is 7.16. The van der Waals surface area contributed by atoms with Crippen LogP contribution in [0.1, 0.15) is 84.0 Å². The van der Waals surface area contributed by atoms with E-state index in [9.17, 15) is 0 Å². The summed E-state index contributed by atoms with van der Waals surface area (Å²) in [7, 11) is 0. The third kappa shape index (κ3) is 2.80. The van der Waals surface area contributed by atoms with E-state index in [1.54, 1.807) is 38.5 Å². The van der Waals surface area contributed by atoms with E-state index in [0.717, 1.165) is 29.7 Å². The van der Waals surface area contributed by atoms with Gasteiger partial charge in [-0.05, 0) is 80.6 Å². The lowest BCUT2D eigenvalue weighted by atomic mass is 9.47. The van der Waals surface area contributed by atoms with Crippen LogP contribution in [-0.2, 0) is 0 Å². The lowest BCUT2D eigenvalue weighted by Gasteiger charge is -2.60. The molecule has 1 heteroatoms. The molecule has 5 saturated carbocycles. The molecule has 0 spiro atoms. The molecule has 5 aliphatic rings. The zero-order valence-electron chi connectivity index (χ0n) is 14.1. The third-order valence-corrected chi connectivity index (χ3v) is 7.57. The molecule has 1 atom stereocenters. The van der Waals surface area contributed by atoms with Crippen molar-refractivity contribution in [1.29, 1.82) is 0 Å². The third-order valence-electron chi connectivity index (χ3n) is 7.57. The fourth-order valence-corrected chi connectivity index (χ4v) is 7.16. The van der Waals surface area contributed by atoms with Gasteiger partial charge in [0.1, 0.15) is 0 Å². The Labute approximate surface area is 131 Å². The van der Waals surface area contributed by atoms with Crippen molar-refractivity contribution in [3.8, 4) is 0 Å². The van der Waals surface area contributed by atoms with E-state index in [0.29, 0.717) is 5.41 Å². The summed E-state index contributed by atoms with van der Waals surface area (Å²) in [6.07, 6.45) is 18.5. The van der Waals surface area contributed by atoms with E-state index in [-0.39, 0.29) is 0 Å². The second kappa shape index (κ2) is 5.87. The first-order chi connectivity index (χ1) is 10.3. The maximum absolute atomic E-state index is 3.99. The van der Waals surface area contributed by atoms with Gasteiger partial charge in [0.25, 0.3) is 0 Å². The van der Waals surface area contributed by atoms with E-state index >= 15 is 0 Å². The first kappa shape index (κ1) is 14.5. The highest BCUT2D eigenvalue weighted by atomic mass is 14.9. The summed E-state index contributed by atoms with van der Waals surface area (Å²) < 4.78 is 0. The summed E-state index contributed by atoms with van der Waals surface area (Å²) in [6, 6.07) is 0.846. The van der Waals surface area contributed by atoms with Crippen molar-refractivity contribution in [2.45, 2.75) is 90.0 Å². The molecule has 5 aliphatic carbocycles. The summed E-state index contributed by atoms with van der Waals surface area (Å²) in [6.45, 7) is 3.51. The zero-order valence-corrected chi connectivity index (χ0v) is 14.1. The van der Waals surface area contributed by atoms with Crippen molar-refractivity contribution >= 4 is 0 Å². The molecule has 1 unspecified atom stereocenters. The van der Waals surface area contributed by atoms with Crippen molar-refractivity contribution in [2.75, 3.05) is 6.54 Å². The Hall–Kier alpha value is -0.0400. The summed E-state index contributed by atoms with van der Waals surface area (Å²) in [4.78, 5) is 0. The van der Waals surface area contributed by atoms with Crippen molar-refractivity contribution in [3.63, 3.8) is 0 Å². The van der Waals surface area contributed by atoms with E-state index in [1.807, 2.05) is 0 Å². The monoisotopic (exact) mass is 289 g/mol. The van der Waals surface area contributed by atoms with Crippen molar-refractivity contribution in [3.05, 3.63) is 0 Å². The molecular weight excluding hydrogens is 254 g/mol. The Kier molecular flexibility index (Phi) is 4.07. The van der Waals surface area contributed by atoms with Crippen LogP contribution < -0.4 is 5.32 Å². The van der Waals surface area contributed by atoms with Crippen molar-refractivity contribution in [1.82, 2.24) is 5.32 Å². The van der Waals surface area contributed by atoms with Gasteiger partial charge in [0.15, 0.2) is 0 Å². The maximum atomic E-state index is 3.99. The average molecular weight is 290 g/mol. The average Bonchev–Trinajstić information content (AvgIpc) is 2.46. The smallest absolute Gasteiger partial charge is 0.0126 e. The van der Waals surface area contributed by atoms with Gasteiger partial charge in [-0.15, -0.1) is 0 Å². The largest absolute Gasteiger partial charge is 0.314 e. The number of hydrogen-bond donors (Lipinski definition) is 1. The molecule has 0 amide bonds. The van der Waals surface area contributed by atoms with Gasteiger partial charge in [-0.25, -0.2) is 0 Å². The molecule has 0 aliphatic heterocycles. The molecule has 0 radical (unpaired) electrons. The standard InChI is InChI=1S/C20H35N/c1-2-21-19(11-15-6-4-3-5-7-15)20-12-16-8-17(13-20)10-18(9-16)14-20/h15-19,21H,2-14H2,1H3. The van der Waals surface area contributed by atoms with Crippen LogP contribution in [-0.4, -0.2) is 12.6 Å². The quantitative estimate of drug-likeness (QED) is 0.738. The zero-order chi connectivity index (χ0) is 14.3. The highest BCUT2D eigenvalue weighted by molar-refractivity contribution is 5.06. The lowest BCUT2D eigenvalue weighted by molar-refractivity contribution is -0.0781. The second-order valence-electron chi connectivity index (χ2n) is 9.13. The highest BCUT2D eigenvalue weighted by Gasteiger charge is 2.54. The summed E-state index contributed by atoms with van der Waals surface area (Å²) in [5.41, 5.74) is 0.711. The van der Waals surface area contributed by atoms with Gasteiger partial charge < -0.3 is 5.32 Å². The Bertz CT molecular complexity index is 320. The van der Waals surface area contributed by atoms with Gasteiger partial charge in [-0.2, -0.15) is 0 Å². The van der Waals surface area contributed by atoms with Gasteiger partial charge >= 0.3 is 0 Å². The minimum Gasteiger partial charge on any atom is -0.314 e. The van der Waals surface area contributed by atoms with Crippen LogP contribution in [0.15, 0.2) is 0 Å². The van der Waals surface area contributed by atoms with Gasteiger partial charge in [0, 0.05) is 6.04 Å². The van der Waals surface area contributed by atoms with Crippen LogP contribution in [0.3, 0.4) is 0 Å². The number of rotatable bonds is 5. The summed E-state index contributed by atoms with van der Waals surface area (Å²) >= 11 is 0. The van der Waals surface area contributed by atoms with Crippen LogP contribution in [0.2, 0.25) is 0 Å². The predicted octanol–water partition coefficient (Wildman–Crippen LogP) is 5.15.